The third-order valence-electron chi connectivity index (χ3n) is 3.69. The van der Waals surface area contributed by atoms with Crippen molar-refractivity contribution in [3.63, 3.8) is 0 Å². The number of carbonyl (C=O) groups is 1. The lowest BCUT2D eigenvalue weighted by Crippen LogP contribution is -2.30. The van der Waals surface area contributed by atoms with E-state index >= 15 is 0 Å². The zero-order chi connectivity index (χ0) is 14.9. The number of ether oxygens (including phenoxy) is 1. The summed E-state index contributed by atoms with van der Waals surface area (Å²) >= 11 is 0. The summed E-state index contributed by atoms with van der Waals surface area (Å²) in [5.74, 6) is 0.773. The van der Waals surface area contributed by atoms with E-state index < -0.39 is 0 Å². The molecule has 1 aliphatic rings. The van der Waals surface area contributed by atoms with Crippen LogP contribution in [0.5, 0.6) is 5.75 Å². The number of carbonyl (C=O) groups excluding carboxylic acids is 1. The van der Waals surface area contributed by atoms with Crippen LogP contribution in [0.2, 0.25) is 0 Å². The predicted molar refractivity (Wildman–Crippen MR) is 84.8 cm³/mol. The molecule has 5 heteroatoms. The Balaban J connectivity index is 1.56. The molecule has 2 N–H and O–H groups in total. The van der Waals surface area contributed by atoms with Gasteiger partial charge in [-0.2, -0.15) is 0 Å². The molecule has 1 saturated heterocycles. The standard InChI is InChI=1S/C16H25N3O2/c1-21-15-7-5-14(6-8-15)18-16(20)13-17-9-4-12-19-10-2-3-11-19/h5-8,17H,2-4,9-13H2,1H3,(H,18,20). The number of anilines is 1. The Morgan fingerprint density at radius 1 is 1.24 bits per heavy atom. The Morgan fingerprint density at radius 2 is 1.95 bits per heavy atom. The number of hydrogen-bond donors (Lipinski definition) is 2. The van der Waals surface area contributed by atoms with E-state index in [1.165, 1.54) is 25.9 Å². The molecule has 2 rings (SSSR count). The van der Waals surface area contributed by atoms with Crippen LogP contribution in [0.4, 0.5) is 5.69 Å². The number of nitrogens with one attached hydrogen (secondary N) is 2. The van der Waals surface area contributed by atoms with E-state index in [-0.39, 0.29) is 5.91 Å². The number of nitrogens with zero attached hydrogens (tertiary/aromatic N) is 1. The van der Waals surface area contributed by atoms with Gasteiger partial charge in [-0.3, -0.25) is 4.79 Å². The number of methoxy groups -OCH3 is 1. The molecule has 116 valence electrons. The summed E-state index contributed by atoms with van der Waals surface area (Å²) in [4.78, 5) is 14.3. The molecule has 1 fully saturated rings. The van der Waals surface area contributed by atoms with Crippen LogP contribution in [0.3, 0.4) is 0 Å². The summed E-state index contributed by atoms with van der Waals surface area (Å²) in [6, 6.07) is 7.34. The van der Waals surface area contributed by atoms with Crippen molar-refractivity contribution in [3.05, 3.63) is 24.3 Å². The molecule has 0 atom stereocenters. The van der Waals surface area contributed by atoms with E-state index in [2.05, 4.69) is 15.5 Å². The van der Waals surface area contributed by atoms with Gasteiger partial charge in [-0.1, -0.05) is 0 Å². The van der Waals surface area contributed by atoms with Gasteiger partial charge in [0.25, 0.3) is 0 Å². The van der Waals surface area contributed by atoms with E-state index in [4.69, 9.17) is 4.74 Å². The van der Waals surface area contributed by atoms with Crippen LogP contribution >= 0.6 is 0 Å². The van der Waals surface area contributed by atoms with Crippen LogP contribution in [-0.2, 0) is 4.79 Å². The Kier molecular flexibility index (Phi) is 6.50. The maximum Gasteiger partial charge on any atom is 0.238 e. The van der Waals surface area contributed by atoms with E-state index in [1.807, 2.05) is 24.3 Å². The second-order valence-corrected chi connectivity index (χ2v) is 5.36. The van der Waals surface area contributed by atoms with Crippen LogP contribution in [0.25, 0.3) is 0 Å². The highest BCUT2D eigenvalue weighted by molar-refractivity contribution is 5.92. The number of amides is 1. The van der Waals surface area contributed by atoms with Gasteiger partial charge in [0.1, 0.15) is 5.75 Å². The van der Waals surface area contributed by atoms with Gasteiger partial charge in [0.15, 0.2) is 0 Å². The predicted octanol–water partition coefficient (Wildman–Crippen LogP) is 1.71. The van der Waals surface area contributed by atoms with Gasteiger partial charge in [0, 0.05) is 5.69 Å². The van der Waals surface area contributed by atoms with Crippen molar-refractivity contribution in [2.24, 2.45) is 0 Å². The van der Waals surface area contributed by atoms with Crippen LogP contribution in [0, 0.1) is 0 Å². The van der Waals surface area contributed by atoms with Crippen LogP contribution in [0.1, 0.15) is 19.3 Å². The minimum atomic E-state index is -0.0126. The maximum atomic E-state index is 11.8. The van der Waals surface area contributed by atoms with Gasteiger partial charge in [-0.05, 0) is 69.7 Å². The van der Waals surface area contributed by atoms with Crippen LogP contribution in [-0.4, -0.2) is 50.6 Å². The molecule has 1 heterocycles. The molecule has 1 aromatic rings. The van der Waals surface area contributed by atoms with Gasteiger partial charge in [-0.15, -0.1) is 0 Å². The van der Waals surface area contributed by atoms with E-state index in [1.54, 1.807) is 7.11 Å². The second-order valence-electron chi connectivity index (χ2n) is 5.36. The second kappa shape index (κ2) is 8.64. The van der Waals surface area contributed by atoms with Crippen molar-refractivity contribution in [1.82, 2.24) is 10.2 Å². The fraction of sp³-hybridized carbons (Fsp3) is 0.562. The highest BCUT2D eigenvalue weighted by Gasteiger charge is 2.10. The molecule has 1 aliphatic heterocycles. The molecule has 1 amide bonds. The third-order valence-corrected chi connectivity index (χ3v) is 3.69. The average molecular weight is 291 g/mol. The SMILES string of the molecule is COc1ccc(NC(=O)CNCCCN2CCCC2)cc1. The Labute approximate surface area is 126 Å². The summed E-state index contributed by atoms with van der Waals surface area (Å²) in [6.45, 7) is 4.83. The lowest BCUT2D eigenvalue weighted by Gasteiger charge is -2.14. The van der Waals surface area contributed by atoms with Crippen molar-refractivity contribution < 1.29 is 9.53 Å². The third kappa shape index (κ3) is 5.73. The first-order valence-electron chi connectivity index (χ1n) is 7.65. The summed E-state index contributed by atoms with van der Waals surface area (Å²) < 4.78 is 5.08. The minimum Gasteiger partial charge on any atom is -0.497 e. The first-order chi connectivity index (χ1) is 10.3. The van der Waals surface area contributed by atoms with E-state index in [0.717, 1.165) is 30.9 Å². The summed E-state index contributed by atoms with van der Waals surface area (Å²) in [6.07, 6.45) is 3.76. The number of hydrogen-bond acceptors (Lipinski definition) is 4. The van der Waals surface area contributed by atoms with Crippen molar-refractivity contribution in [1.29, 1.82) is 0 Å². The first-order valence-corrected chi connectivity index (χ1v) is 7.65. The van der Waals surface area contributed by atoms with E-state index in [0.29, 0.717) is 6.54 Å². The van der Waals surface area contributed by atoms with Gasteiger partial charge >= 0.3 is 0 Å². The van der Waals surface area contributed by atoms with Crippen LogP contribution < -0.4 is 15.4 Å². The summed E-state index contributed by atoms with van der Waals surface area (Å²) in [5, 5.41) is 6.05. The molecule has 0 unspecified atom stereocenters. The smallest absolute Gasteiger partial charge is 0.238 e. The van der Waals surface area contributed by atoms with E-state index in [9.17, 15) is 4.79 Å². The molecule has 0 radical (unpaired) electrons. The Morgan fingerprint density at radius 3 is 2.62 bits per heavy atom. The largest absolute Gasteiger partial charge is 0.497 e. The maximum absolute atomic E-state index is 11.8. The number of benzene rings is 1. The van der Waals surface area contributed by atoms with Crippen LogP contribution in [0.15, 0.2) is 24.3 Å². The highest BCUT2D eigenvalue weighted by Crippen LogP contribution is 2.14. The lowest BCUT2D eigenvalue weighted by molar-refractivity contribution is -0.115. The molecule has 0 bridgehead atoms. The Hall–Kier alpha value is -1.59. The number of likely N-dealkylation sites (tertiary alicyclic amines) is 1. The molecule has 0 saturated carbocycles. The number of rotatable bonds is 8. The van der Waals surface area contributed by atoms with Gasteiger partial charge in [0.05, 0.1) is 13.7 Å². The highest BCUT2D eigenvalue weighted by atomic mass is 16.5. The van der Waals surface area contributed by atoms with Crippen molar-refractivity contribution >= 4 is 11.6 Å². The van der Waals surface area contributed by atoms with Crippen molar-refractivity contribution in [2.75, 3.05) is 45.2 Å². The average Bonchev–Trinajstić information content (AvgIpc) is 3.01. The first kappa shape index (κ1) is 15.8. The fourth-order valence-electron chi connectivity index (χ4n) is 2.52. The summed E-state index contributed by atoms with van der Waals surface area (Å²) in [7, 11) is 1.62. The van der Waals surface area contributed by atoms with Gasteiger partial charge in [0.2, 0.25) is 5.91 Å². The minimum absolute atomic E-state index is 0.0126. The summed E-state index contributed by atoms with van der Waals surface area (Å²) in [5.41, 5.74) is 0.791. The topological polar surface area (TPSA) is 53.6 Å². The zero-order valence-electron chi connectivity index (χ0n) is 12.7. The fourth-order valence-corrected chi connectivity index (χ4v) is 2.52. The molecule has 1 aromatic carbocycles. The Bertz CT molecular complexity index is 428. The molecular formula is C16H25N3O2. The molecule has 0 spiro atoms. The quantitative estimate of drug-likeness (QED) is 0.716. The van der Waals surface area contributed by atoms with Crippen molar-refractivity contribution in [3.8, 4) is 5.75 Å². The van der Waals surface area contributed by atoms with Gasteiger partial charge < -0.3 is 20.3 Å². The van der Waals surface area contributed by atoms with Crippen molar-refractivity contribution in [2.45, 2.75) is 19.3 Å². The molecular weight excluding hydrogens is 266 g/mol. The lowest BCUT2D eigenvalue weighted by atomic mass is 10.3. The zero-order valence-corrected chi connectivity index (χ0v) is 12.7. The van der Waals surface area contributed by atoms with Gasteiger partial charge in [-0.25, -0.2) is 0 Å². The monoisotopic (exact) mass is 291 g/mol. The molecule has 5 nitrogen and oxygen atoms in total. The normalized spacial score (nSPS) is 15.1. The molecule has 0 aliphatic carbocycles. The molecule has 0 aromatic heterocycles. The molecule has 21 heavy (non-hydrogen) atoms.